The molecule has 0 atom stereocenters. The fourth-order valence-electron chi connectivity index (χ4n) is 3.13. The van der Waals surface area contributed by atoms with E-state index in [-0.39, 0.29) is 0 Å². The minimum atomic E-state index is -2.15. The zero-order chi connectivity index (χ0) is 15.3. The predicted octanol–water partition coefficient (Wildman–Crippen LogP) is 3.32. The molecular weight excluding hydrogens is 287 g/mol. The fourth-order valence-corrected chi connectivity index (χ4v) is 7.35. The summed E-state index contributed by atoms with van der Waals surface area (Å²) in [5.74, 6) is 0. The Hall–Kier alpha value is -1.95. The fraction of sp³-hybridized carbons (Fsp3) is 0.100. The monoisotopic (exact) mass is 308 g/mol. The predicted molar refractivity (Wildman–Crippen MR) is 98.4 cm³/mol. The van der Waals surface area contributed by atoms with Gasteiger partial charge in [-0.25, -0.2) is 0 Å². The van der Waals surface area contributed by atoms with Gasteiger partial charge in [0.25, 0.3) is 0 Å². The summed E-state index contributed by atoms with van der Waals surface area (Å²) in [6.07, 6.45) is 0.741. The molecule has 3 aromatic rings. The molecule has 0 heterocycles. The van der Waals surface area contributed by atoms with Gasteiger partial charge in [-0.05, 0) is 0 Å². The molecule has 0 amide bonds. The molecule has 0 N–H and O–H groups in total. The Bertz CT molecular complexity index is 599. The average Bonchev–Trinajstić information content (AvgIpc) is 2.62. The third-order valence-corrected chi connectivity index (χ3v) is 8.84. The number of methoxy groups -OCH3 is 1. The van der Waals surface area contributed by atoms with Crippen molar-refractivity contribution in [3.63, 3.8) is 0 Å². The molecule has 0 aliphatic carbocycles. The maximum atomic E-state index is 5.73. The van der Waals surface area contributed by atoms with Crippen molar-refractivity contribution < 1.29 is 4.74 Å². The van der Waals surface area contributed by atoms with E-state index in [1.807, 2.05) is 0 Å². The van der Waals surface area contributed by atoms with Gasteiger partial charge in [0, 0.05) is 0 Å². The molecule has 2 heteroatoms. The quantitative estimate of drug-likeness (QED) is 0.657. The zero-order valence-electron chi connectivity index (χ0n) is 12.8. The van der Waals surface area contributed by atoms with Crippen LogP contribution in [0.2, 0.25) is 0 Å². The Labute approximate surface area is 132 Å². The third-order valence-electron chi connectivity index (χ3n) is 4.16. The molecule has 3 aromatic carbocycles. The van der Waals surface area contributed by atoms with E-state index < -0.39 is 7.26 Å². The van der Waals surface area contributed by atoms with Crippen LogP contribution in [0.25, 0.3) is 0 Å². The van der Waals surface area contributed by atoms with Crippen molar-refractivity contribution in [1.29, 1.82) is 0 Å². The van der Waals surface area contributed by atoms with Crippen LogP contribution < -0.4 is 15.9 Å². The first-order valence-corrected chi connectivity index (χ1v) is 9.74. The van der Waals surface area contributed by atoms with Crippen LogP contribution in [0.1, 0.15) is 0 Å². The molecule has 0 aliphatic heterocycles. The Morgan fingerprint density at radius 3 is 1.18 bits per heavy atom. The normalized spacial score (nSPS) is 12.0. The molecule has 3 rings (SSSR count). The summed E-state index contributed by atoms with van der Waals surface area (Å²) in [4.78, 5) is 0. The van der Waals surface area contributed by atoms with E-state index >= 15 is 0 Å². The zero-order valence-corrected chi connectivity index (χ0v) is 13.8. The van der Waals surface area contributed by atoms with Crippen LogP contribution >= 0.6 is 7.26 Å². The minimum absolute atomic E-state index is 0.741. The van der Waals surface area contributed by atoms with Crippen LogP contribution in [-0.4, -0.2) is 13.5 Å². The third kappa shape index (κ3) is 2.70. The van der Waals surface area contributed by atoms with E-state index in [1.165, 1.54) is 15.9 Å². The molecule has 0 radical (unpaired) electrons. The molecule has 112 valence electrons. The average molecular weight is 308 g/mol. The summed E-state index contributed by atoms with van der Waals surface area (Å²) in [6, 6.07) is 32.4. The molecule has 0 saturated heterocycles. The molecule has 0 saturated carbocycles. The van der Waals surface area contributed by atoms with Crippen molar-refractivity contribution in [2.45, 2.75) is 0 Å². The summed E-state index contributed by atoms with van der Waals surface area (Å²) >= 11 is 0. The summed E-state index contributed by atoms with van der Waals surface area (Å²) in [5, 5.41) is 4.15. The molecule has 0 bridgehead atoms. The van der Waals surface area contributed by atoms with E-state index in [4.69, 9.17) is 4.74 Å². The topological polar surface area (TPSA) is 9.23 Å². The van der Waals surface area contributed by atoms with Gasteiger partial charge in [-0.3, -0.25) is 0 Å². The second-order valence-electron chi connectivity index (χ2n) is 5.44. The summed E-state index contributed by atoms with van der Waals surface area (Å²) in [7, 11) is -0.344. The van der Waals surface area contributed by atoms with Gasteiger partial charge >= 0.3 is 132 Å². The second kappa shape index (κ2) is 6.87. The number of hydrogen-bond acceptors (Lipinski definition) is 1. The van der Waals surface area contributed by atoms with Crippen LogP contribution in [0.5, 0.6) is 0 Å². The molecule has 22 heavy (non-hydrogen) atoms. The molecule has 0 fully saturated rings. The van der Waals surface area contributed by atoms with Crippen molar-refractivity contribution in [3.8, 4) is 0 Å². The van der Waals surface area contributed by atoms with Gasteiger partial charge in [0.05, 0.1) is 0 Å². The van der Waals surface area contributed by atoms with Gasteiger partial charge in [-0.2, -0.15) is 0 Å². The van der Waals surface area contributed by atoms with Crippen molar-refractivity contribution in [1.82, 2.24) is 0 Å². The summed E-state index contributed by atoms with van der Waals surface area (Å²) < 4.78 is 5.73. The van der Waals surface area contributed by atoms with Gasteiger partial charge in [0.1, 0.15) is 0 Å². The number of hydrogen-bond donors (Lipinski definition) is 0. The van der Waals surface area contributed by atoms with Crippen molar-refractivity contribution >= 4 is 23.2 Å². The van der Waals surface area contributed by atoms with Crippen molar-refractivity contribution in [2.24, 2.45) is 0 Å². The molecule has 0 spiro atoms. The van der Waals surface area contributed by atoms with Crippen LogP contribution in [-0.2, 0) is 4.74 Å². The summed E-state index contributed by atoms with van der Waals surface area (Å²) in [5.41, 5.74) is 0. The Kier molecular flexibility index (Phi) is 4.68. The molecular formula is C20H21OP. The molecule has 0 aliphatic rings. The van der Waals surface area contributed by atoms with E-state index in [2.05, 4.69) is 91.0 Å². The first-order valence-electron chi connectivity index (χ1n) is 7.53. The van der Waals surface area contributed by atoms with E-state index in [0.717, 1.165) is 6.35 Å². The first-order chi connectivity index (χ1) is 10.9. The van der Waals surface area contributed by atoms with E-state index in [1.54, 1.807) is 7.11 Å². The van der Waals surface area contributed by atoms with Crippen molar-refractivity contribution in [3.05, 3.63) is 91.0 Å². The summed E-state index contributed by atoms with van der Waals surface area (Å²) in [6.45, 7) is 0. The van der Waals surface area contributed by atoms with E-state index in [9.17, 15) is 0 Å². The van der Waals surface area contributed by atoms with Crippen LogP contribution in [0.3, 0.4) is 0 Å². The number of rotatable bonds is 5. The molecule has 0 aromatic heterocycles. The number of ether oxygens (including phenoxy) is 1. The first kappa shape index (κ1) is 15.0. The van der Waals surface area contributed by atoms with Crippen molar-refractivity contribution in [2.75, 3.05) is 13.5 Å². The number of benzene rings is 3. The van der Waals surface area contributed by atoms with Gasteiger partial charge in [0.2, 0.25) is 0 Å². The Morgan fingerprint density at radius 2 is 0.909 bits per heavy atom. The van der Waals surface area contributed by atoms with Gasteiger partial charge < -0.3 is 0 Å². The van der Waals surface area contributed by atoms with Gasteiger partial charge in [-0.15, -0.1) is 0 Å². The second-order valence-corrected chi connectivity index (χ2v) is 9.27. The van der Waals surface area contributed by atoms with Crippen LogP contribution in [0.15, 0.2) is 91.0 Å². The van der Waals surface area contributed by atoms with E-state index in [0.29, 0.717) is 0 Å². The van der Waals surface area contributed by atoms with Crippen LogP contribution in [0, 0.1) is 0 Å². The van der Waals surface area contributed by atoms with Crippen LogP contribution in [0.4, 0.5) is 0 Å². The maximum absolute atomic E-state index is 5.73. The van der Waals surface area contributed by atoms with Gasteiger partial charge in [-0.1, -0.05) is 0 Å². The standard InChI is InChI=1S/C20H21OP/c1-21-17-22(18-11-5-2-6-12-18,19-13-7-3-8-14-19)20-15-9-4-10-16-20/h2-16,22H,17H2,1H3. The molecule has 1 nitrogen and oxygen atoms in total. The Morgan fingerprint density at radius 1 is 0.591 bits per heavy atom. The SMILES string of the molecule is COC[PH](c1ccccc1)(c1ccccc1)c1ccccc1. The van der Waals surface area contributed by atoms with Gasteiger partial charge in [0.15, 0.2) is 0 Å². The molecule has 0 unspecified atom stereocenters. The Balaban J connectivity index is 2.29.